The van der Waals surface area contributed by atoms with E-state index < -0.39 is 28.6 Å². The number of aromatic nitrogens is 7. The van der Waals surface area contributed by atoms with Gasteiger partial charge in [0.15, 0.2) is 5.78 Å². The normalized spacial score (nSPS) is 12.3. The van der Waals surface area contributed by atoms with Crippen molar-refractivity contribution < 1.29 is 37.0 Å². The van der Waals surface area contributed by atoms with Gasteiger partial charge in [-0.05, 0) is 48.7 Å². The summed E-state index contributed by atoms with van der Waals surface area (Å²) in [7, 11) is -3.91. The van der Waals surface area contributed by atoms with Crippen LogP contribution in [0.4, 0.5) is 4.39 Å². The molecule has 3 N–H and O–H groups in total. The van der Waals surface area contributed by atoms with Gasteiger partial charge in [0.25, 0.3) is 10.0 Å². The fraction of sp³-hybridized carbons (Fsp3) is 0.367. The van der Waals surface area contributed by atoms with Gasteiger partial charge in [0.2, 0.25) is 4.34 Å². The molecule has 1 atom stereocenters. The Morgan fingerprint density at radius 3 is 2.61 bits per heavy atom. The summed E-state index contributed by atoms with van der Waals surface area (Å²) in [6, 6.07) is 12.4. The molecule has 3 aromatic heterocycles. The predicted octanol–water partition coefficient (Wildman–Crippen LogP) is 3.28. The van der Waals surface area contributed by atoms with Crippen LogP contribution in [0.3, 0.4) is 0 Å². The maximum Gasteiger partial charge on any atom is 0.307 e. The summed E-state index contributed by atoms with van der Waals surface area (Å²) >= 11 is 2.35. The fourth-order valence-corrected chi connectivity index (χ4v) is 7.35. The number of ketones is 1. The summed E-state index contributed by atoms with van der Waals surface area (Å²) in [5.74, 6) is -0.345. The van der Waals surface area contributed by atoms with Crippen LogP contribution in [-0.4, -0.2) is 79.3 Å². The fourth-order valence-electron chi connectivity index (χ4n) is 4.58. The van der Waals surface area contributed by atoms with E-state index in [0.29, 0.717) is 59.2 Å². The molecule has 260 valence electrons. The highest BCUT2D eigenvalue weighted by molar-refractivity contribution is 7.98. The molecule has 49 heavy (non-hydrogen) atoms. The minimum absolute atomic E-state index is 0.0342. The minimum atomic E-state index is -3.91. The Bertz CT molecular complexity index is 2000. The second-order valence-corrected chi connectivity index (χ2v) is 14.7. The number of alkyl halides is 1. The van der Waals surface area contributed by atoms with E-state index in [2.05, 4.69) is 25.6 Å². The molecule has 15 nitrogen and oxygen atoms in total. The maximum atomic E-state index is 12.8. The van der Waals surface area contributed by atoms with Crippen LogP contribution < -0.4 is 14.6 Å². The Kier molecular flexibility index (Phi) is 12.3. The van der Waals surface area contributed by atoms with Crippen molar-refractivity contribution in [3.05, 3.63) is 71.8 Å². The number of carbonyl (C=O) groups is 2. The minimum Gasteiger partial charge on any atom is -0.492 e. The molecule has 5 rings (SSSR count). The number of halogens is 1. The summed E-state index contributed by atoms with van der Waals surface area (Å²) in [4.78, 5) is 28.7. The maximum absolute atomic E-state index is 12.8. The number of thiazole rings is 1. The molecule has 0 bridgehead atoms. The number of hydrogen-bond acceptors (Lipinski definition) is 13. The number of sulfonamides is 1. The molecule has 0 amide bonds. The van der Waals surface area contributed by atoms with Gasteiger partial charge in [0.05, 0.1) is 41.2 Å². The molecule has 0 saturated heterocycles. The van der Waals surface area contributed by atoms with Crippen molar-refractivity contribution in [1.82, 2.24) is 35.0 Å². The van der Waals surface area contributed by atoms with E-state index in [9.17, 15) is 27.5 Å². The van der Waals surface area contributed by atoms with E-state index in [1.165, 1.54) is 16.4 Å². The molecule has 0 fully saturated rings. The van der Waals surface area contributed by atoms with Crippen molar-refractivity contribution >= 4 is 55.1 Å². The molecule has 0 unspecified atom stereocenters. The Labute approximate surface area is 288 Å². The second-order valence-electron chi connectivity index (χ2n) is 10.9. The number of aliphatic carboxylic acids is 1. The summed E-state index contributed by atoms with van der Waals surface area (Å²) < 4.78 is 50.5. The SMILES string of the molecule is NS(=O)(=O)c1nc2ccc(OCc3cn(CC(=O)C[C@H](CSCc4cccc(OCCn5cc(CCCF)nn5)c4)C(=O)O)nn3)cc2s1. The lowest BCUT2D eigenvalue weighted by atomic mass is 10.1. The lowest BCUT2D eigenvalue weighted by molar-refractivity contribution is -0.143. The lowest BCUT2D eigenvalue weighted by Gasteiger charge is -2.12. The van der Waals surface area contributed by atoms with Gasteiger partial charge in [-0.15, -0.1) is 21.5 Å². The van der Waals surface area contributed by atoms with E-state index in [4.69, 9.17) is 14.6 Å². The first-order valence-electron chi connectivity index (χ1n) is 15.0. The quantitative estimate of drug-likeness (QED) is 0.118. The Morgan fingerprint density at radius 1 is 1.04 bits per heavy atom. The van der Waals surface area contributed by atoms with Crippen LogP contribution >= 0.6 is 23.1 Å². The smallest absolute Gasteiger partial charge is 0.307 e. The topological polar surface area (TPSA) is 207 Å². The van der Waals surface area contributed by atoms with Crippen LogP contribution in [0.15, 0.2) is 59.2 Å². The van der Waals surface area contributed by atoms with Crippen LogP contribution in [0.2, 0.25) is 0 Å². The number of primary sulfonamides is 1. The van der Waals surface area contributed by atoms with Gasteiger partial charge in [0.1, 0.15) is 37.0 Å². The van der Waals surface area contributed by atoms with Crippen LogP contribution in [0, 0.1) is 5.92 Å². The predicted molar refractivity (Wildman–Crippen MR) is 179 cm³/mol. The number of hydrogen-bond donors (Lipinski definition) is 2. The van der Waals surface area contributed by atoms with Crippen molar-refractivity contribution in [3.63, 3.8) is 0 Å². The summed E-state index contributed by atoms with van der Waals surface area (Å²) in [6.45, 7) is 0.347. The zero-order chi connectivity index (χ0) is 34.8. The number of nitrogens with two attached hydrogens (primary N) is 1. The monoisotopic (exact) mass is 732 g/mol. The molecule has 0 aliphatic heterocycles. The molecule has 0 saturated carbocycles. The van der Waals surface area contributed by atoms with E-state index >= 15 is 0 Å². The van der Waals surface area contributed by atoms with Gasteiger partial charge < -0.3 is 14.6 Å². The molecule has 0 radical (unpaired) electrons. The van der Waals surface area contributed by atoms with E-state index in [1.807, 2.05) is 24.3 Å². The number of Topliss-reactive ketones (excluding diaryl/α,β-unsaturated/α-hetero) is 1. The summed E-state index contributed by atoms with van der Waals surface area (Å²) in [5, 5.41) is 30.9. The number of carboxylic acid groups (broad SMARTS) is 1. The van der Waals surface area contributed by atoms with Crippen molar-refractivity contribution in [2.24, 2.45) is 11.1 Å². The van der Waals surface area contributed by atoms with Gasteiger partial charge in [-0.3, -0.25) is 14.0 Å². The molecule has 2 aromatic carbocycles. The number of ether oxygens (including phenoxy) is 2. The summed E-state index contributed by atoms with van der Waals surface area (Å²) in [6.07, 6.45) is 4.11. The van der Waals surface area contributed by atoms with E-state index in [0.717, 1.165) is 22.6 Å². The first kappa shape index (κ1) is 35.8. The zero-order valence-electron chi connectivity index (χ0n) is 26.1. The van der Waals surface area contributed by atoms with Crippen molar-refractivity contribution in [2.75, 3.05) is 19.0 Å². The molecular formula is C30H33FN8O7S3. The number of benzene rings is 2. The standard InChI is InChI=1S/C30H33FN8O7S3/c31-8-2-4-22-14-38(36-34-22)9-10-45-25-5-1-3-20(11-25)18-47-19-21(29(41)42)12-24(40)16-39-15-23(35-37-39)17-46-26-6-7-27-28(13-26)48-30(33-27)49(32,43)44/h1,3,5-7,11,13-15,21H,2,4,8-10,12,16-19H2,(H,41,42)(H2,32,43,44)/t21-/m1/s1. The van der Waals surface area contributed by atoms with Crippen LogP contribution in [0.1, 0.15) is 29.8 Å². The molecule has 3 heterocycles. The third-order valence-corrected chi connectivity index (χ3v) is 10.5. The first-order chi connectivity index (χ1) is 23.6. The third-order valence-electron chi connectivity index (χ3n) is 6.95. The van der Waals surface area contributed by atoms with Gasteiger partial charge in [-0.25, -0.2) is 27.9 Å². The van der Waals surface area contributed by atoms with Gasteiger partial charge in [-0.1, -0.05) is 22.6 Å². The number of carbonyl (C=O) groups excluding carboxylic acids is 1. The largest absolute Gasteiger partial charge is 0.492 e. The van der Waals surface area contributed by atoms with Crippen LogP contribution in [0.5, 0.6) is 11.5 Å². The number of rotatable bonds is 20. The van der Waals surface area contributed by atoms with Crippen molar-refractivity contribution in [2.45, 2.75) is 49.1 Å². The molecular weight excluding hydrogens is 700 g/mol. The first-order valence-corrected chi connectivity index (χ1v) is 18.5. The van der Waals surface area contributed by atoms with Crippen LogP contribution in [0.25, 0.3) is 10.2 Å². The van der Waals surface area contributed by atoms with Gasteiger partial charge >= 0.3 is 5.97 Å². The number of carboxylic acids is 1. The highest BCUT2D eigenvalue weighted by atomic mass is 32.2. The number of fused-ring (bicyclic) bond motifs is 1. The number of nitrogens with zero attached hydrogens (tertiary/aromatic N) is 7. The Morgan fingerprint density at radius 2 is 1.82 bits per heavy atom. The average molecular weight is 733 g/mol. The molecule has 19 heteroatoms. The average Bonchev–Trinajstić information content (AvgIpc) is 3.82. The molecule has 0 aliphatic carbocycles. The van der Waals surface area contributed by atoms with Gasteiger partial charge in [0, 0.05) is 24.1 Å². The Balaban J connectivity index is 1.04. The van der Waals surface area contributed by atoms with Gasteiger partial charge in [-0.2, -0.15) is 11.8 Å². The van der Waals surface area contributed by atoms with E-state index in [-0.39, 0.29) is 35.4 Å². The zero-order valence-corrected chi connectivity index (χ0v) is 28.5. The number of aryl methyl sites for hydroxylation is 1. The van der Waals surface area contributed by atoms with Crippen molar-refractivity contribution in [1.29, 1.82) is 0 Å². The second kappa shape index (κ2) is 16.8. The van der Waals surface area contributed by atoms with E-state index in [1.54, 1.807) is 35.3 Å². The lowest BCUT2D eigenvalue weighted by Crippen LogP contribution is -2.23. The highest BCUT2D eigenvalue weighted by Crippen LogP contribution is 2.28. The highest BCUT2D eigenvalue weighted by Gasteiger charge is 2.22. The van der Waals surface area contributed by atoms with Crippen molar-refractivity contribution in [3.8, 4) is 11.5 Å². The van der Waals surface area contributed by atoms with Crippen LogP contribution in [-0.2, 0) is 51.5 Å². The third kappa shape index (κ3) is 10.8. The molecule has 0 spiro atoms. The molecule has 5 aromatic rings. The summed E-state index contributed by atoms with van der Waals surface area (Å²) in [5.41, 5.74) is 2.60. The number of thioether (sulfide) groups is 1. The Hall–Kier alpha value is -4.46. The molecule has 0 aliphatic rings.